The van der Waals surface area contributed by atoms with Crippen molar-refractivity contribution in [3.63, 3.8) is 0 Å². The molecule has 0 radical (unpaired) electrons. The van der Waals surface area contributed by atoms with E-state index in [-0.39, 0.29) is 16.7 Å². The lowest BCUT2D eigenvalue weighted by molar-refractivity contribution is 0.161. The van der Waals surface area contributed by atoms with Crippen molar-refractivity contribution < 1.29 is 0 Å². The summed E-state index contributed by atoms with van der Waals surface area (Å²) in [5, 5.41) is 20.7. The zero-order chi connectivity index (χ0) is 14.0. The summed E-state index contributed by atoms with van der Waals surface area (Å²) in [4.78, 5) is 0. The molecular formula is C13H23N5. The molecule has 0 aliphatic heterocycles. The van der Waals surface area contributed by atoms with Crippen LogP contribution in [0.3, 0.4) is 0 Å². The van der Waals surface area contributed by atoms with Crippen molar-refractivity contribution in [3.8, 4) is 6.07 Å². The Labute approximate surface area is 109 Å². The molecule has 5 nitrogen and oxygen atoms in total. The summed E-state index contributed by atoms with van der Waals surface area (Å²) < 4.78 is 1.77. The van der Waals surface area contributed by atoms with Gasteiger partial charge in [-0.2, -0.15) is 5.26 Å². The molecule has 0 aromatic carbocycles. The fraction of sp³-hybridized carbons (Fsp3) is 0.846. The highest BCUT2D eigenvalue weighted by Crippen LogP contribution is 2.46. The van der Waals surface area contributed by atoms with E-state index in [9.17, 15) is 0 Å². The summed E-state index contributed by atoms with van der Waals surface area (Å²) >= 11 is 0. The Hall–Kier alpha value is -1.44. The molecule has 0 aliphatic carbocycles. The van der Waals surface area contributed by atoms with Gasteiger partial charge in [-0.3, -0.25) is 0 Å². The van der Waals surface area contributed by atoms with Crippen LogP contribution in [0.1, 0.15) is 59.7 Å². The smallest absolute Gasteiger partial charge is 0.155 e. The molecule has 0 saturated heterocycles. The number of hydrogen-bond acceptors (Lipinski definition) is 4. The van der Waals surface area contributed by atoms with Gasteiger partial charge in [-0.05, 0) is 21.3 Å². The van der Waals surface area contributed by atoms with Gasteiger partial charge in [0.15, 0.2) is 5.82 Å². The number of aryl methyl sites for hydroxylation is 1. The van der Waals surface area contributed by atoms with Crippen LogP contribution >= 0.6 is 0 Å². The molecule has 0 amide bonds. The van der Waals surface area contributed by atoms with E-state index in [4.69, 9.17) is 5.26 Å². The van der Waals surface area contributed by atoms with Crippen LogP contribution in [-0.4, -0.2) is 20.2 Å². The fourth-order valence-corrected chi connectivity index (χ4v) is 2.81. The zero-order valence-electron chi connectivity index (χ0n) is 12.2. The van der Waals surface area contributed by atoms with Crippen molar-refractivity contribution in [3.05, 3.63) is 5.82 Å². The summed E-state index contributed by atoms with van der Waals surface area (Å²) in [5.41, 5.74) is 0.134. The molecule has 0 fully saturated rings. The number of nitrogens with zero attached hydrogens (tertiary/aromatic N) is 5. The lowest BCUT2D eigenvalue weighted by atomic mass is 9.66. The van der Waals surface area contributed by atoms with E-state index in [0.717, 1.165) is 5.82 Å². The summed E-state index contributed by atoms with van der Waals surface area (Å²) in [5.74, 6) is 1.11. The second kappa shape index (κ2) is 5.05. The average molecular weight is 249 g/mol. The van der Waals surface area contributed by atoms with Gasteiger partial charge in [0.05, 0.1) is 19.0 Å². The summed E-state index contributed by atoms with van der Waals surface area (Å²) in [7, 11) is 0. The normalized spacial score (nSPS) is 12.8. The van der Waals surface area contributed by atoms with Crippen LogP contribution in [0, 0.1) is 22.2 Å². The highest BCUT2D eigenvalue weighted by Gasteiger charge is 2.39. The Bertz CT molecular complexity index is 413. The van der Waals surface area contributed by atoms with Crippen molar-refractivity contribution in [1.29, 1.82) is 5.26 Å². The van der Waals surface area contributed by atoms with Crippen LogP contribution in [0.4, 0.5) is 0 Å². The number of rotatable bonds is 3. The van der Waals surface area contributed by atoms with Gasteiger partial charge in [-0.1, -0.05) is 41.5 Å². The van der Waals surface area contributed by atoms with Gasteiger partial charge < -0.3 is 0 Å². The fourth-order valence-electron chi connectivity index (χ4n) is 2.81. The van der Waals surface area contributed by atoms with Gasteiger partial charge in [0.1, 0.15) is 0 Å². The third-order valence-corrected chi connectivity index (χ3v) is 2.99. The number of hydrogen-bond donors (Lipinski definition) is 0. The summed E-state index contributed by atoms with van der Waals surface area (Å²) in [6.45, 7) is 13.8. The molecule has 1 aromatic heterocycles. The van der Waals surface area contributed by atoms with Gasteiger partial charge >= 0.3 is 0 Å². The average Bonchev–Trinajstić information content (AvgIpc) is 2.58. The zero-order valence-corrected chi connectivity index (χ0v) is 12.2. The van der Waals surface area contributed by atoms with Gasteiger partial charge in [-0.15, -0.1) is 5.10 Å². The Morgan fingerprint density at radius 2 is 1.72 bits per heavy atom. The molecule has 1 aromatic rings. The maximum Gasteiger partial charge on any atom is 0.155 e. The lowest BCUT2D eigenvalue weighted by Crippen LogP contribution is -2.33. The van der Waals surface area contributed by atoms with Gasteiger partial charge in [0.2, 0.25) is 0 Å². The Morgan fingerprint density at radius 3 is 2.17 bits per heavy atom. The SMILES string of the molecule is CC(C)(C)C(c1nnnn1CCC#N)C(C)(C)C. The molecule has 1 heterocycles. The van der Waals surface area contributed by atoms with E-state index >= 15 is 0 Å². The number of tetrazole rings is 1. The van der Waals surface area contributed by atoms with Crippen LogP contribution in [0.15, 0.2) is 0 Å². The van der Waals surface area contributed by atoms with E-state index in [1.165, 1.54) is 0 Å². The van der Waals surface area contributed by atoms with Crippen LogP contribution in [0.25, 0.3) is 0 Å². The molecule has 0 aliphatic rings. The van der Waals surface area contributed by atoms with Crippen molar-refractivity contribution in [2.45, 2.75) is 60.4 Å². The quantitative estimate of drug-likeness (QED) is 0.826. The molecular weight excluding hydrogens is 226 g/mol. The molecule has 18 heavy (non-hydrogen) atoms. The first-order valence-corrected chi connectivity index (χ1v) is 6.31. The monoisotopic (exact) mass is 249 g/mol. The van der Waals surface area contributed by atoms with E-state index < -0.39 is 0 Å². The van der Waals surface area contributed by atoms with Gasteiger partial charge in [0.25, 0.3) is 0 Å². The molecule has 0 unspecified atom stereocenters. The van der Waals surface area contributed by atoms with Gasteiger partial charge in [-0.25, -0.2) is 4.68 Å². The minimum atomic E-state index is 0.0668. The summed E-state index contributed by atoms with van der Waals surface area (Å²) in [6.07, 6.45) is 0.430. The second-order valence-corrected chi connectivity index (χ2v) is 6.83. The topological polar surface area (TPSA) is 67.4 Å². The van der Waals surface area contributed by atoms with Crippen molar-refractivity contribution in [2.75, 3.05) is 0 Å². The Kier molecular flexibility index (Phi) is 4.10. The molecule has 1 rings (SSSR count). The first-order chi connectivity index (χ1) is 8.18. The van der Waals surface area contributed by atoms with Crippen LogP contribution in [0.5, 0.6) is 0 Å². The maximum absolute atomic E-state index is 8.68. The van der Waals surface area contributed by atoms with Crippen LogP contribution in [0.2, 0.25) is 0 Å². The molecule has 0 saturated carbocycles. The summed E-state index contributed by atoms with van der Waals surface area (Å²) in [6, 6.07) is 2.13. The van der Waals surface area contributed by atoms with Crippen LogP contribution in [-0.2, 0) is 6.54 Å². The number of nitriles is 1. The Morgan fingerprint density at radius 1 is 1.17 bits per heavy atom. The van der Waals surface area contributed by atoms with E-state index in [2.05, 4.69) is 63.1 Å². The molecule has 0 spiro atoms. The minimum Gasteiger partial charge on any atom is -0.228 e. The third-order valence-electron chi connectivity index (χ3n) is 2.99. The standard InChI is InChI=1S/C13H23N5/c1-12(2,3)10(13(4,5)6)11-15-16-17-18(11)9-7-8-14/h10H,7,9H2,1-6H3. The number of aromatic nitrogens is 4. The molecule has 100 valence electrons. The minimum absolute atomic E-state index is 0.0668. The third kappa shape index (κ3) is 3.28. The highest BCUT2D eigenvalue weighted by molar-refractivity contribution is 5.05. The molecule has 5 heteroatoms. The maximum atomic E-state index is 8.68. The van der Waals surface area contributed by atoms with Gasteiger partial charge in [0, 0.05) is 5.92 Å². The highest BCUT2D eigenvalue weighted by atomic mass is 15.5. The van der Waals surface area contributed by atoms with Crippen molar-refractivity contribution in [1.82, 2.24) is 20.2 Å². The molecule has 0 bridgehead atoms. The Balaban J connectivity index is 3.16. The molecule has 0 atom stereocenters. The first-order valence-electron chi connectivity index (χ1n) is 6.31. The first kappa shape index (κ1) is 14.6. The van der Waals surface area contributed by atoms with Crippen molar-refractivity contribution in [2.24, 2.45) is 10.8 Å². The van der Waals surface area contributed by atoms with E-state index in [0.29, 0.717) is 13.0 Å². The largest absolute Gasteiger partial charge is 0.228 e. The van der Waals surface area contributed by atoms with E-state index in [1.54, 1.807) is 4.68 Å². The van der Waals surface area contributed by atoms with Crippen LogP contribution < -0.4 is 0 Å². The lowest BCUT2D eigenvalue weighted by Gasteiger charge is -2.39. The molecule has 0 N–H and O–H groups in total. The predicted octanol–water partition coefficient (Wildman–Crippen LogP) is 2.76. The second-order valence-electron chi connectivity index (χ2n) is 6.83. The van der Waals surface area contributed by atoms with Crippen molar-refractivity contribution >= 4 is 0 Å². The van der Waals surface area contributed by atoms with E-state index in [1.807, 2.05) is 0 Å². The predicted molar refractivity (Wildman–Crippen MR) is 69.7 cm³/mol.